The average Bonchev–Trinajstić information content (AvgIpc) is 1.88. The Morgan fingerprint density at radius 3 is 2.10 bits per heavy atom. The molecule has 0 aliphatic rings. The third-order valence-corrected chi connectivity index (χ3v) is 2.30. The van der Waals surface area contributed by atoms with Gasteiger partial charge in [0.1, 0.15) is 0 Å². The molecule has 0 aromatic heterocycles. The molecular weight excluding hydrogens is 292 g/mol. The molecule has 0 aliphatic heterocycles. The Balaban J connectivity index is 3.00. The van der Waals surface area contributed by atoms with E-state index in [0.717, 1.165) is 0 Å². The third-order valence-electron chi connectivity index (χ3n) is 1.46. The van der Waals surface area contributed by atoms with Crippen LogP contribution in [0.4, 0.5) is 0 Å². The van der Waals surface area contributed by atoms with E-state index in [9.17, 15) is 0 Å². The SMILES string of the molecule is C[C](=[W])c1ccc(C)cc1. The molecule has 0 saturated heterocycles. The molecule has 1 rings (SSSR count). The molecule has 0 fully saturated rings. The van der Waals surface area contributed by atoms with Gasteiger partial charge in [-0.3, -0.25) is 0 Å². The summed E-state index contributed by atoms with van der Waals surface area (Å²) in [5, 5.41) is 0. The van der Waals surface area contributed by atoms with E-state index >= 15 is 0 Å². The Morgan fingerprint density at radius 2 is 1.70 bits per heavy atom. The molecule has 0 amide bonds. The second-order valence-corrected chi connectivity index (χ2v) is 4.62. The quantitative estimate of drug-likeness (QED) is 0.745. The van der Waals surface area contributed by atoms with Gasteiger partial charge in [-0.1, -0.05) is 0 Å². The summed E-state index contributed by atoms with van der Waals surface area (Å²) in [5.41, 5.74) is 2.71. The molecule has 1 heteroatoms. The van der Waals surface area contributed by atoms with Crippen LogP contribution in [0.2, 0.25) is 0 Å². The third kappa shape index (κ3) is 1.88. The van der Waals surface area contributed by atoms with Crippen molar-refractivity contribution in [3.8, 4) is 0 Å². The first kappa shape index (κ1) is 7.88. The minimum atomic E-state index is 1.33. The fraction of sp³-hybridized carbons (Fsp3) is 0.222. The Morgan fingerprint density at radius 1 is 1.20 bits per heavy atom. The second kappa shape index (κ2) is 3.25. The van der Waals surface area contributed by atoms with Crippen molar-refractivity contribution in [1.29, 1.82) is 0 Å². The number of benzene rings is 1. The summed E-state index contributed by atoms with van der Waals surface area (Å²) in [6.45, 7) is 4.28. The first-order chi connectivity index (χ1) is 4.70. The first-order valence-corrected chi connectivity index (χ1v) is 4.74. The van der Waals surface area contributed by atoms with Gasteiger partial charge in [0.05, 0.1) is 0 Å². The van der Waals surface area contributed by atoms with Gasteiger partial charge < -0.3 is 0 Å². The summed E-state index contributed by atoms with van der Waals surface area (Å²) < 4.78 is 1.46. The molecule has 0 nitrogen and oxygen atoms in total. The molecule has 10 heavy (non-hydrogen) atoms. The van der Waals surface area contributed by atoms with Gasteiger partial charge >= 0.3 is 72.5 Å². The van der Waals surface area contributed by atoms with Crippen LogP contribution in [0.3, 0.4) is 0 Å². The second-order valence-electron chi connectivity index (χ2n) is 2.42. The van der Waals surface area contributed by atoms with Crippen LogP contribution in [0.1, 0.15) is 18.1 Å². The van der Waals surface area contributed by atoms with Crippen molar-refractivity contribution in [1.82, 2.24) is 0 Å². The monoisotopic (exact) mass is 302 g/mol. The molecule has 0 aliphatic carbocycles. The van der Waals surface area contributed by atoms with Gasteiger partial charge in [-0.25, -0.2) is 0 Å². The summed E-state index contributed by atoms with van der Waals surface area (Å²) in [6, 6.07) is 8.67. The predicted molar refractivity (Wildman–Crippen MR) is 41.0 cm³/mol. The zero-order valence-electron chi connectivity index (χ0n) is 6.22. The van der Waals surface area contributed by atoms with Crippen molar-refractivity contribution < 1.29 is 19.4 Å². The molecular formula is C9H10W. The zero-order chi connectivity index (χ0) is 7.56. The maximum absolute atomic E-state index is 2.18. The fourth-order valence-corrected chi connectivity index (χ4v) is 1.28. The van der Waals surface area contributed by atoms with E-state index in [-0.39, 0.29) is 0 Å². The van der Waals surface area contributed by atoms with Gasteiger partial charge in [0.2, 0.25) is 0 Å². The van der Waals surface area contributed by atoms with E-state index in [1.54, 1.807) is 19.4 Å². The summed E-state index contributed by atoms with van der Waals surface area (Å²) in [4.78, 5) is 0. The minimum absolute atomic E-state index is 1.33. The van der Waals surface area contributed by atoms with Gasteiger partial charge in [0, 0.05) is 0 Å². The molecule has 0 heterocycles. The van der Waals surface area contributed by atoms with E-state index in [0.29, 0.717) is 0 Å². The molecule has 0 radical (unpaired) electrons. The molecule has 0 saturated carbocycles. The van der Waals surface area contributed by atoms with Crippen LogP contribution in [0.15, 0.2) is 24.3 Å². The summed E-state index contributed by atoms with van der Waals surface area (Å²) in [5.74, 6) is 0. The van der Waals surface area contributed by atoms with Crippen molar-refractivity contribution >= 4 is 3.90 Å². The van der Waals surface area contributed by atoms with E-state index in [4.69, 9.17) is 0 Å². The van der Waals surface area contributed by atoms with Gasteiger partial charge in [-0.15, -0.1) is 0 Å². The maximum atomic E-state index is 2.18. The molecule has 0 N–H and O–H groups in total. The van der Waals surface area contributed by atoms with E-state index < -0.39 is 0 Å². The number of hydrogen-bond donors (Lipinski definition) is 0. The fourth-order valence-electron chi connectivity index (χ4n) is 0.788. The van der Waals surface area contributed by atoms with Gasteiger partial charge in [-0.05, 0) is 0 Å². The van der Waals surface area contributed by atoms with Crippen LogP contribution in [-0.4, -0.2) is 3.90 Å². The number of hydrogen-bond acceptors (Lipinski definition) is 0. The molecule has 0 bridgehead atoms. The van der Waals surface area contributed by atoms with Crippen LogP contribution < -0.4 is 0 Å². The standard InChI is InChI=1S/C9H10.W/c1-3-9-6-4-8(2)5-7-9;/h4-7H,1-2H3;. The van der Waals surface area contributed by atoms with E-state index in [1.165, 1.54) is 15.0 Å². The summed E-state index contributed by atoms with van der Waals surface area (Å²) in [7, 11) is 0. The number of aryl methyl sites for hydroxylation is 1. The van der Waals surface area contributed by atoms with Crippen molar-refractivity contribution in [3.05, 3.63) is 35.4 Å². The summed E-state index contributed by atoms with van der Waals surface area (Å²) in [6.07, 6.45) is 0. The Labute approximate surface area is 72.7 Å². The Kier molecular flexibility index (Phi) is 2.56. The van der Waals surface area contributed by atoms with Crippen LogP contribution in [0, 0.1) is 6.92 Å². The normalized spacial score (nSPS) is 9.40. The van der Waals surface area contributed by atoms with Crippen molar-refractivity contribution in [2.24, 2.45) is 0 Å². The molecule has 1 aromatic carbocycles. The van der Waals surface area contributed by atoms with Crippen LogP contribution >= 0.6 is 0 Å². The van der Waals surface area contributed by atoms with Crippen molar-refractivity contribution in [2.75, 3.05) is 0 Å². The van der Waals surface area contributed by atoms with Crippen LogP contribution in [0.25, 0.3) is 0 Å². The van der Waals surface area contributed by atoms with E-state index in [1.807, 2.05) is 0 Å². The first-order valence-electron chi connectivity index (χ1n) is 3.28. The van der Waals surface area contributed by atoms with E-state index in [2.05, 4.69) is 38.1 Å². The van der Waals surface area contributed by atoms with Crippen LogP contribution in [-0.2, 0) is 19.4 Å². The zero-order valence-corrected chi connectivity index (χ0v) is 9.15. The molecule has 1 aromatic rings. The number of rotatable bonds is 1. The molecule has 0 unspecified atom stereocenters. The molecule has 0 spiro atoms. The van der Waals surface area contributed by atoms with Gasteiger partial charge in [0.25, 0.3) is 0 Å². The van der Waals surface area contributed by atoms with Gasteiger partial charge in [-0.2, -0.15) is 0 Å². The Hall–Kier alpha value is -0.222. The van der Waals surface area contributed by atoms with Crippen molar-refractivity contribution in [3.63, 3.8) is 0 Å². The topological polar surface area (TPSA) is 0 Å². The Bertz CT molecular complexity index is 233. The van der Waals surface area contributed by atoms with Gasteiger partial charge in [0.15, 0.2) is 0 Å². The molecule has 52 valence electrons. The predicted octanol–water partition coefficient (Wildman–Crippen LogP) is 2.08. The average molecular weight is 302 g/mol. The van der Waals surface area contributed by atoms with Crippen molar-refractivity contribution in [2.45, 2.75) is 13.8 Å². The summed E-state index contributed by atoms with van der Waals surface area (Å²) >= 11 is 1.55. The van der Waals surface area contributed by atoms with Crippen LogP contribution in [0.5, 0.6) is 0 Å². The molecule has 0 atom stereocenters.